The third-order valence-electron chi connectivity index (χ3n) is 4.37. The molecule has 0 heterocycles. The minimum absolute atomic E-state index is 0.0525. The number of methoxy groups -OCH3 is 1. The smallest absolute Gasteiger partial charge is 0.306 e. The number of hydrogen-bond donors (Lipinski definition) is 3. The van der Waals surface area contributed by atoms with Gasteiger partial charge in [-0.3, -0.25) is 19.6 Å². The van der Waals surface area contributed by atoms with Crippen LogP contribution in [0.25, 0.3) is 0 Å². The molecular weight excluding hydrogens is 440 g/mol. The molecule has 0 radical (unpaired) electrons. The van der Waals surface area contributed by atoms with E-state index in [1.807, 2.05) is 6.07 Å². The van der Waals surface area contributed by atoms with E-state index in [1.54, 1.807) is 24.3 Å². The highest BCUT2D eigenvalue weighted by atomic mass is 32.2. The molecule has 0 spiro atoms. The fraction of sp³-hybridized carbons (Fsp3) is 0.286. The Morgan fingerprint density at radius 1 is 1.00 bits per heavy atom. The summed E-state index contributed by atoms with van der Waals surface area (Å²) in [5.74, 6) is -2.84. The van der Waals surface area contributed by atoms with Gasteiger partial charge in [-0.05, 0) is 29.8 Å². The fourth-order valence-corrected chi connectivity index (χ4v) is 4.07. The average molecular weight is 464 g/mol. The molecule has 2 amide bonds. The second-order valence-electron chi connectivity index (χ2n) is 6.70. The normalized spacial score (nSPS) is 11.8. The molecule has 2 aromatic carbocycles. The van der Waals surface area contributed by atoms with Crippen molar-refractivity contribution in [1.82, 2.24) is 10.8 Å². The zero-order chi connectivity index (χ0) is 23.6. The molecule has 0 saturated carbocycles. The van der Waals surface area contributed by atoms with E-state index in [-0.39, 0.29) is 24.3 Å². The van der Waals surface area contributed by atoms with Gasteiger partial charge in [0.15, 0.2) is 9.84 Å². The summed E-state index contributed by atoms with van der Waals surface area (Å²) >= 11 is 0. The van der Waals surface area contributed by atoms with E-state index in [0.717, 1.165) is 5.56 Å². The minimum Gasteiger partial charge on any atom is -0.497 e. The second kappa shape index (κ2) is 11.8. The Kier molecular flexibility index (Phi) is 9.17. The minimum atomic E-state index is -3.99. The Morgan fingerprint density at radius 2 is 1.66 bits per heavy atom. The zero-order valence-corrected chi connectivity index (χ0v) is 18.1. The van der Waals surface area contributed by atoms with E-state index in [9.17, 15) is 22.8 Å². The Labute approximate surface area is 185 Å². The van der Waals surface area contributed by atoms with Gasteiger partial charge in [0, 0.05) is 6.42 Å². The molecule has 1 unspecified atom stereocenters. The average Bonchev–Trinajstić information content (AvgIpc) is 2.81. The van der Waals surface area contributed by atoms with Crippen LogP contribution in [-0.2, 0) is 35.6 Å². The highest BCUT2D eigenvalue weighted by molar-refractivity contribution is 7.91. The summed E-state index contributed by atoms with van der Waals surface area (Å²) in [6.07, 6.45) is -0.594. The predicted octanol–water partition coefficient (Wildman–Crippen LogP) is 0.983. The molecule has 0 aliphatic carbocycles. The van der Waals surface area contributed by atoms with Crippen LogP contribution in [0.4, 0.5) is 0 Å². The SMILES string of the molecule is COc1ccc(S(=O)(=O)CC(NC(=O)CCC(=O)OCc2ccccc2)C(=O)NO)cc1. The predicted molar refractivity (Wildman–Crippen MR) is 112 cm³/mol. The molecule has 0 saturated heterocycles. The van der Waals surface area contributed by atoms with E-state index in [2.05, 4.69) is 5.32 Å². The van der Waals surface area contributed by atoms with Crippen molar-refractivity contribution in [2.24, 2.45) is 0 Å². The highest BCUT2D eigenvalue weighted by Gasteiger charge is 2.28. The molecule has 10 nitrogen and oxygen atoms in total. The lowest BCUT2D eigenvalue weighted by molar-refractivity contribution is -0.146. The van der Waals surface area contributed by atoms with Crippen LogP contribution in [0.1, 0.15) is 18.4 Å². The van der Waals surface area contributed by atoms with E-state index in [1.165, 1.54) is 36.9 Å². The molecule has 0 aliphatic heterocycles. The summed E-state index contributed by atoms with van der Waals surface area (Å²) in [6, 6.07) is 12.9. The number of carbonyl (C=O) groups is 3. The number of ether oxygens (including phenoxy) is 2. The Balaban J connectivity index is 1.92. The van der Waals surface area contributed by atoms with E-state index < -0.39 is 39.4 Å². The molecule has 0 aliphatic rings. The number of benzene rings is 2. The second-order valence-corrected chi connectivity index (χ2v) is 8.73. The molecule has 11 heteroatoms. The number of carbonyl (C=O) groups excluding carboxylic acids is 3. The monoisotopic (exact) mass is 464 g/mol. The lowest BCUT2D eigenvalue weighted by Gasteiger charge is -2.17. The number of hydrogen-bond acceptors (Lipinski definition) is 8. The van der Waals surface area contributed by atoms with Crippen LogP contribution in [0, 0.1) is 0 Å². The summed E-state index contributed by atoms with van der Waals surface area (Å²) in [5.41, 5.74) is 2.12. The first kappa shape index (κ1) is 24.8. The third kappa shape index (κ3) is 7.67. The molecule has 172 valence electrons. The molecular formula is C21H24N2O8S. The van der Waals surface area contributed by atoms with E-state index in [0.29, 0.717) is 5.75 Å². The lowest BCUT2D eigenvalue weighted by Crippen LogP contribution is -2.49. The number of hydroxylamine groups is 1. The quantitative estimate of drug-likeness (QED) is 0.253. The van der Waals surface area contributed by atoms with E-state index >= 15 is 0 Å². The zero-order valence-electron chi connectivity index (χ0n) is 17.3. The number of esters is 1. The van der Waals surface area contributed by atoms with Gasteiger partial charge in [-0.1, -0.05) is 30.3 Å². The molecule has 2 aromatic rings. The summed E-state index contributed by atoms with van der Waals surface area (Å²) in [7, 11) is -2.56. The maximum Gasteiger partial charge on any atom is 0.306 e. The molecule has 1 atom stereocenters. The standard InChI is InChI=1S/C21H24N2O8S/c1-30-16-7-9-17(10-8-16)32(28,29)14-18(21(26)23-27)22-19(24)11-12-20(25)31-13-15-5-3-2-4-6-15/h2-10,18,27H,11-14H2,1H3,(H,22,24)(H,23,26). The van der Waals surface area contributed by atoms with Crippen LogP contribution in [0.5, 0.6) is 5.75 Å². The van der Waals surface area contributed by atoms with Crippen LogP contribution < -0.4 is 15.5 Å². The molecule has 0 aromatic heterocycles. The Hall–Kier alpha value is -3.44. The molecule has 32 heavy (non-hydrogen) atoms. The Bertz CT molecular complexity index is 1020. The Morgan fingerprint density at radius 3 is 2.25 bits per heavy atom. The van der Waals surface area contributed by atoms with Gasteiger partial charge in [0.05, 0.1) is 24.2 Å². The molecule has 0 fully saturated rings. The van der Waals surface area contributed by atoms with Gasteiger partial charge in [0.2, 0.25) is 5.91 Å². The van der Waals surface area contributed by atoms with Crippen molar-refractivity contribution < 1.29 is 37.5 Å². The van der Waals surface area contributed by atoms with Gasteiger partial charge in [-0.25, -0.2) is 13.9 Å². The van der Waals surface area contributed by atoms with Crippen LogP contribution in [0.3, 0.4) is 0 Å². The summed E-state index contributed by atoms with van der Waals surface area (Å²) in [5, 5.41) is 11.1. The fourth-order valence-electron chi connectivity index (χ4n) is 2.65. The van der Waals surface area contributed by atoms with Crippen molar-refractivity contribution >= 4 is 27.6 Å². The lowest BCUT2D eigenvalue weighted by atomic mass is 10.2. The van der Waals surface area contributed by atoms with Gasteiger partial charge >= 0.3 is 5.97 Å². The van der Waals surface area contributed by atoms with Crippen molar-refractivity contribution in [3.05, 3.63) is 60.2 Å². The first-order valence-corrected chi connectivity index (χ1v) is 11.2. The number of rotatable bonds is 11. The number of amides is 2. The van der Waals surface area contributed by atoms with Gasteiger partial charge in [0.25, 0.3) is 5.91 Å². The van der Waals surface area contributed by atoms with Crippen LogP contribution in [-0.4, -0.2) is 50.3 Å². The van der Waals surface area contributed by atoms with Crippen LogP contribution >= 0.6 is 0 Å². The highest BCUT2D eigenvalue weighted by Crippen LogP contribution is 2.17. The topological polar surface area (TPSA) is 148 Å². The van der Waals surface area contributed by atoms with Crippen molar-refractivity contribution in [3.8, 4) is 5.75 Å². The van der Waals surface area contributed by atoms with Crippen molar-refractivity contribution in [1.29, 1.82) is 0 Å². The molecule has 0 bridgehead atoms. The summed E-state index contributed by atoms with van der Waals surface area (Å²) in [6.45, 7) is 0.0525. The molecule has 3 N–H and O–H groups in total. The number of nitrogens with one attached hydrogen (secondary N) is 2. The first-order chi connectivity index (χ1) is 15.2. The van der Waals surface area contributed by atoms with Crippen LogP contribution in [0.15, 0.2) is 59.5 Å². The third-order valence-corrected chi connectivity index (χ3v) is 6.13. The van der Waals surface area contributed by atoms with Crippen LogP contribution in [0.2, 0.25) is 0 Å². The van der Waals surface area contributed by atoms with Gasteiger partial charge < -0.3 is 14.8 Å². The maximum absolute atomic E-state index is 12.6. The number of sulfone groups is 1. The van der Waals surface area contributed by atoms with Gasteiger partial charge in [-0.2, -0.15) is 0 Å². The molecule has 2 rings (SSSR count). The summed E-state index contributed by atoms with van der Waals surface area (Å²) < 4.78 is 35.2. The van der Waals surface area contributed by atoms with Gasteiger partial charge in [0.1, 0.15) is 18.4 Å². The van der Waals surface area contributed by atoms with Crippen molar-refractivity contribution in [3.63, 3.8) is 0 Å². The maximum atomic E-state index is 12.6. The largest absolute Gasteiger partial charge is 0.497 e. The first-order valence-electron chi connectivity index (χ1n) is 9.55. The van der Waals surface area contributed by atoms with Crippen molar-refractivity contribution in [2.45, 2.75) is 30.4 Å². The van der Waals surface area contributed by atoms with E-state index in [4.69, 9.17) is 14.7 Å². The van der Waals surface area contributed by atoms with Gasteiger partial charge in [-0.15, -0.1) is 0 Å². The summed E-state index contributed by atoms with van der Waals surface area (Å²) in [4.78, 5) is 35.8. The van der Waals surface area contributed by atoms with Crippen molar-refractivity contribution in [2.75, 3.05) is 12.9 Å².